The van der Waals surface area contributed by atoms with Gasteiger partial charge in [-0.1, -0.05) is 17.9 Å². The van der Waals surface area contributed by atoms with Crippen LogP contribution in [0.5, 0.6) is 5.75 Å². The molecule has 0 radical (unpaired) electrons. The summed E-state index contributed by atoms with van der Waals surface area (Å²) in [5.41, 5.74) is 8.56. The van der Waals surface area contributed by atoms with Crippen molar-refractivity contribution < 1.29 is 27.4 Å². The van der Waals surface area contributed by atoms with E-state index in [0.29, 0.717) is 55.5 Å². The number of alkyl halides is 3. The Morgan fingerprint density at radius 1 is 1.09 bits per heavy atom. The van der Waals surface area contributed by atoms with E-state index in [0.717, 1.165) is 36.1 Å². The molecule has 2 aromatic carbocycles. The number of benzene rings is 2. The summed E-state index contributed by atoms with van der Waals surface area (Å²) in [6.45, 7) is 4.32. The fourth-order valence-corrected chi connectivity index (χ4v) is 6.04. The van der Waals surface area contributed by atoms with E-state index in [1.807, 2.05) is 24.5 Å². The molecule has 2 unspecified atom stereocenters. The average molecular weight is 621 g/mol. The zero-order chi connectivity index (χ0) is 30.7. The summed E-state index contributed by atoms with van der Waals surface area (Å²) < 4.78 is 57.2. The number of nitrogens with zero attached hydrogens (tertiary/aromatic N) is 2. The van der Waals surface area contributed by atoms with Crippen LogP contribution in [-0.4, -0.2) is 89.6 Å². The van der Waals surface area contributed by atoms with E-state index in [1.165, 1.54) is 24.3 Å². The number of hydrogen-bond acceptors (Lipinski definition) is 8. The molecule has 0 bridgehead atoms. The summed E-state index contributed by atoms with van der Waals surface area (Å²) in [7, 11) is 2.18. The van der Waals surface area contributed by atoms with Gasteiger partial charge in [0.1, 0.15) is 18.9 Å². The van der Waals surface area contributed by atoms with Gasteiger partial charge in [-0.15, -0.1) is 11.8 Å². The molecule has 0 spiro atoms. The predicted octanol–water partition coefficient (Wildman–Crippen LogP) is 5.54. The van der Waals surface area contributed by atoms with Crippen molar-refractivity contribution in [1.29, 1.82) is 0 Å². The Kier molecular flexibility index (Phi) is 12.6. The van der Waals surface area contributed by atoms with E-state index in [-0.39, 0.29) is 6.54 Å². The molecule has 4 rings (SSSR count). The van der Waals surface area contributed by atoms with E-state index in [4.69, 9.17) is 19.9 Å². The van der Waals surface area contributed by atoms with Crippen molar-refractivity contribution in [3.05, 3.63) is 42.0 Å². The Labute approximate surface area is 257 Å². The largest absolute Gasteiger partial charge is 0.491 e. The summed E-state index contributed by atoms with van der Waals surface area (Å²) in [5.74, 6) is 7.47. The number of nitrogens with two attached hydrogens (primary N) is 1. The van der Waals surface area contributed by atoms with Gasteiger partial charge in [-0.05, 0) is 69.3 Å². The minimum Gasteiger partial charge on any atom is -0.491 e. The number of hydrogen-bond donors (Lipinski definition) is 2. The molecule has 2 aromatic rings. The maximum absolute atomic E-state index is 13.3. The van der Waals surface area contributed by atoms with Crippen LogP contribution in [0.2, 0.25) is 0 Å². The maximum Gasteiger partial charge on any atom is 0.405 e. The number of piperidine rings is 1. The molecule has 0 aliphatic carbocycles. The molecule has 2 heterocycles. The molecule has 0 amide bonds. The van der Waals surface area contributed by atoms with Crippen molar-refractivity contribution in [2.45, 2.75) is 42.8 Å². The summed E-state index contributed by atoms with van der Waals surface area (Å²) >= 11 is 1.59. The van der Waals surface area contributed by atoms with E-state index < -0.39 is 18.8 Å². The lowest BCUT2D eigenvalue weighted by Gasteiger charge is -2.29. The van der Waals surface area contributed by atoms with E-state index in [1.54, 1.807) is 30.0 Å². The summed E-state index contributed by atoms with van der Waals surface area (Å²) in [5, 5.41) is 3.25. The molecule has 236 valence electrons. The van der Waals surface area contributed by atoms with Gasteiger partial charge >= 0.3 is 6.18 Å². The van der Waals surface area contributed by atoms with E-state index in [2.05, 4.69) is 29.1 Å². The minimum absolute atomic E-state index is 0.278. The first kappa shape index (κ1) is 33.1. The minimum atomic E-state index is -4.34. The molecule has 43 heavy (non-hydrogen) atoms. The Morgan fingerprint density at radius 2 is 1.88 bits per heavy atom. The third-order valence-corrected chi connectivity index (χ3v) is 8.35. The van der Waals surface area contributed by atoms with Crippen LogP contribution in [0, 0.1) is 17.8 Å². The standard InChI is InChI=1S/C32H43F3N4O3S/c1-38-12-5-6-24(22-38)10-13-40-14-15-41-16-17-42-27-18-25(19-28(21-27)43-2)37-11-4-7-26-20-29-30(36)8-3-9-31(29)39(26)23-32(33,34)35/h3,8-9,18-19,21,24,26,37H,5-6,10-17,20,22-23,36H2,1-2H3. The van der Waals surface area contributed by atoms with Crippen molar-refractivity contribution in [3.63, 3.8) is 0 Å². The molecular formula is C32H43F3N4O3S. The van der Waals surface area contributed by atoms with Gasteiger partial charge in [0.05, 0.1) is 32.4 Å². The third-order valence-electron chi connectivity index (χ3n) is 7.65. The Morgan fingerprint density at radius 3 is 2.65 bits per heavy atom. The van der Waals surface area contributed by atoms with Gasteiger partial charge in [0.15, 0.2) is 0 Å². The number of rotatable bonds is 14. The normalized spacial score (nSPS) is 18.7. The van der Waals surface area contributed by atoms with Crippen LogP contribution in [0.4, 0.5) is 30.2 Å². The number of nitrogen functional groups attached to an aromatic ring is 1. The van der Waals surface area contributed by atoms with Crippen LogP contribution in [-0.2, 0) is 15.9 Å². The predicted molar refractivity (Wildman–Crippen MR) is 168 cm³/mol. The number of anilines is 3. The smallest absolute Gasteiger partial charge is 0.405 e. The SMILES string of the molecule is CSc1cc(NCC#CC2Cc3c(N)cccc3N2CC(F)(F)F)cc(OCCOCCOCCC2CCCN(C)C2)c1. The summed E-state index contributed by atoms with van der Waals surface area (Å²) in [6, 6.07) is 10.3. The van der Waals surface area contributed by atoms with Crippen LogP contribution in [0.3, 0.4) is 0 Å². The summed E-state index contributed by atoms with van der Waals surface area (Å²) in [4.78, 5) is 4.71. The number of fused-ring (bicyclic) bond motifs is 1. The number of halogens is 3. The van der Waals surface area contributed by atoms with Crippen molar-refractivity contribution in [1.82, 2.24) is 4.90 Å². The fraction of sp³-hybridized carbons (Fsp3) is 0.562. The molecule has 2 atom stereocenters. The highest BCUT2D eigenvalue weighted by Crippen LogP contribution is 2.37. The van der Waals surface area contributed by atoms with Crippen molar-refractivity contribution in [2.75, 3.05) is 88.5 Å². The van der Waals surface area contributed by atoms with Gasteiger partial charge in [0, 0.05) is 53.2 Å². The fourth-order valence-electron chi connectivity index (χ4n) is 5.56. The van der Waals surface area contributed by atoms with Crippen LogP contribution >= 0.6 is 11.8 Å². The Hall–Kier alpha value is -2.78. The van der Waals surface area contributed by atoms with Gasteiger partial charge in [-0.3, -0.25) is 0 Å². The van der Waals surface area contributed by atoms with Crippen LogP contribution in [0.25, 0.3) is 0 Å². The Bertz CT molecular complexity index is 1240. The Balaban J connectivity index is 1.18. The zero-order valence-electron chi connectivity index (χ0n) is 25.0. The number of thioether (sulfide) groups is 1. The lowest BCUT2D eigenvalue weighted by molar-refractivity contribution is -0.120. The molecule has 1 fully saturated rings. The third kappa shape index (κ3) is 10.7. The van der Waals surface area contributed by atoms with Gasteiger partial charge in [0.25, 0.3) is 0 Å². The molecule has 2 aliphatic heterocycles. The van der Waals surface area contributed by atoms with Gasteiger partial charge in [0.2, 0.25) is 0 Å². The molecular weight excluding hydrogens is 577 g/mol. The molecule has 1 saturated heterocycles. The molecule has 3 N–H and O–H groups in total. The lowest BCUT2D eigenvalue weighted by Crippen LogP contribution is -2.39. The molecule has 7 nitrogen and oxygen atoms in total. The second kappa shape index (κ2) is 16.3. The van der Waals surface area contributed by atoms with E-state index >= 15 is 0 Å². The van der Waals surface area contributed by atoms with Gasteiger partial charge in [-0.25, -0.2) is 0 Å². The topological polar surface area (TPSA) is 72.2 Å². The second-order valence-corrected chi connectivity index (χ2v) is 11.9. The van der Waals surface area contributed by atoms with Crippen LogP contribution in [0.1, 0.15) is 24.8 Å². The van der Waals surface area contributed by atoms with Crippen molar-refractivity contribution >= 4 is 28.8 Å². The monoisotopic (exact) mass is 620 g/mol. The number of likely N-dealkylation sites (tertiary alicyclic amines) is 1. The number of ether oxygens (including phenoxy) is 3. The second-order valence-electron chi connectivity index (χ2n) is 11.0. The highest BCUT2D eigenvalue weighted by molar-refractivity contribution is 7.98. The first-order valence-electron chi connectivity index (χ1n) is 14.8. The highest BCUT2D eigenvalue weighted by Gasteiger charge is 2.38. The van der Waals surface area contributed by atoms with Gasteiger partial charge in [-0.2, -0.15) is 13.2 Å². The maximum atomic E-state index is 13.3. The molecule has 11 heteroatoms. The first-order chi connectivity index (χ1) is 20.7. The highest BCUT2D eigenvalue weighted by atomic mass is 32.2. The van der Waals surface area contributed by atoms with Crippen LogP contribution < -0.4 is 20.7 Å². The zero-order valence-corrected chi connectivity index (χ0v) is 25.9. The van der Waals surface area contributed by atoms with Gasteiger partial charge < -0.3 is 35.1 Å². The van der Waals surface area contributed by atoms with Crippen LogP contribution in [0.15, 0.2) is 41.3 Å². The van der Waals surface area contributed by atoms with Crippen molar-refractivity contribution in [2.24, 2.45) is 5.92 Å². The molecule has 2 aliphatic rings. The van der Waals surface area contributed by atoms with E-state index in [9.17, 15) is 13.2 Å². The quantitative estimate of drug-likeness (QED) is 0.124. The molecule has 0 saturated carbocycles. The van der Waals surface area contributed by atoms with Crippen molar-refractivity contribution in [3.8, 4) is 17.6 Å². The molecule has 0 aromatic heterocycles. The average Bonchev–Trinajstić information content (AvgIpc) is 3.31. The summed E-state index contributed by atoms with van der Waals surface area (Å²) in [6.07, 6.45) is 1.66. The lowest BCUT2D eigenvalue weighted by atomic mass is 9.96. The number of nitrogens with one attached hydrogen (secondary N) is 1. The first-order valence-corrected chi connectivity index (χ1v) is 16.0.